The average molecular weight is 343 g/mol. The van der Waals surface area contributed by atoms with E-state index >= 15 is 0 Å². The van der Waals surface area contributed by atoms with E-state index in [0.717, 1.165) is 11.4 Å². The lowest BCUT2D eigenvalue weighted by Gasteiger charge is -2.26. The number of ether oxygens (including phenoxy) is 1. The predicted octanol–water partition coefficient (Wildman–Crippen LogP) is 5.00. The Balaban J connectivity index is 2.13. The third kappa shape index (κ3) is 4.71. The molecule has 0 spiro atoms. The van der Waals surface area contributed by atoms with Gasteiger partial charge in [-0.15, -0.1) is 0 Å². The van der Waals surface area contributed by atoms with Crippen LogP contribution < -0.4 is 15.4 Å². The number of methoxy groups -OCH3 is 1. The molecule has 0 aliphatic carbocycles. The topological polar surface area (TPSA) is 33.3 Å². The molecule has 2 N–H and O–H groups in total. The first-order valence-electron chi connectivity index (χ1n) is 8.19. The Hall–Kier alpha value is -2.07. The van der Waals surface area contributed by atoms with E-state index in [1.807, 2.05) is 24.3 Å². The Bertz CT molecular complexity index is 713. The minimum absolute atomic E-state index is 0.163. The summed E-state index contributed by atoms with van der Waals surface area (Å²) in [6.07, 6.45) is 0. The fourth-order valence-electron chi connectivity index (χ4n) is 2.79. The van der Waals surface area contributed by atoms with E-state index < -0.39 is 0 Å². The average Bonchev–Trinajstić information content (AvgIpc) is 2.53. The van der Waals surface area contributed by atoms with Crippen molar-refractivity contribution in [1.29, 1.82) is 0 Å². The molecule has 2 aromatic carbocycles. The van der Waals surface area contributed by atoms with Gasteiger partial charge in [0.25, 0.3) is 0 Å². The molecule has 0 bridgehead atoms. The molecule has 24 heavy (non-hydrogen) atoms. The summed E-state index contributed by atoms with van der Waals surface area (Å²) in [5.74, 6) is 1.22. The molecule has 2 rings (SSSR count). The van der Waals surface area contributed by atoms with E-state index in [4.69, 9.17) is 17.0 Å². The van der Waals surface area contributed by atoms with Crippen LogP contribution in [-0.2, 0) is 0 Å². The van der Waals surface area contributed by atoms with Gasteiger partial charge in [-0.3, -0.25) is 0 Å². The first kappa shape index (κ1) is 18.3. The number of anilines is 1. The van der Waals surface area contributed by atoms with Gasteiger partial charge >= 0.3 is 0 Å². The van der Waals surface area contributed by atoms with Gasteiger partial charge in [-0.05, 0) is 55.2 Å². The van der Waals surface area contributed by atoms with Crippen molar-refractivity contribution < 1.29 is 4.74 Å². The first-order valence-corrected chi connectivity index (χ1v) is 8.60. The van der Waals surface area contributed by atoms with Crippen LogP contribution in [0.15, 0.2) is 42.5 Å². The van der Waals surface area contributed by atoms with Gasteiger partial charge in [0, 0.05) is 11.8 Å². The van der Waals surface area contributed by atoms with E-state index in [0.29, 0.717) is 11.0 Å². The summed E-state index contributed by atoms with van der Waals surface area (Å²) in [5.41, 5.74) is 4.75. The molecule has 2 aromatic rings. The SMILES string of the molecule is COc1cccc(NC(=S)N[C@H](c2ccc(C)cc2C)C(C)C)c1. The third-order valence-electron chi connectivity index (χ3n) is 4.04. The zero-order valence-corrected chi connectivity index (χ0v) is 15.8. The first-order chi connectivity index (χ1) is 11.4. The lowest BCUT2D eigenvalue weighted by Crippen LogP contribution is -2.35. The van der Waals surface area contributed by atoms with Crippen molar-refractivity contribution in [2.75, 3.05) is 12.4 Å². The molecule has 4 heteroatoms. The van der Waals surface area contributed by atoms with Crippen LogP contribution in [0.4, 0.5) is 5.69 Å². The molecule has 0 aromatic heterocycles. The number of benzene rings is 2. The molecule has 0 aliphatic rings. The highest BCUT2D eigenvalue weighted by atomic mass is 32.1. The quantitative estimate of drug-likeness (QED) is 0.750. The summed E-state index contributed by atoms with van der Waals surface area (Å²) in [7, 11) is 1.66. The van der Waals surface area contributed by atoms with Gasteiger partial charge < -0.3 is 15.4 Å². The van der Waals surface area contributed by atoms with Crippen LogP contribution in [0, 0.1) is 19.8 Å². The molecule has 0 fully saturated rings. The van der Waals surface area contributed by atoms with Gasteiger partial charge in [0.15, 0.2) is 5.11 Å². The smallest absolute Gasteiger partial charge is 0.171 e. The maximum Gasteiger partial charge on any atom is 0.171 e. The van der Waals surface area contributed by atoms with E-state index in [-0.39, 0.29) is 6.04 Å². The second-order valence-electron chi connectivity index (χ2n) is 6.41. The van der Waals surface area contributed by atoms with E-state index in [2.05, 4.69) is 56.5 Å². The molecular formula is C20H26N2OS. The second-order valence-corrected chi connectivity index (χ2v) is 6.82. The number of rotatable bonds is 5. The summed E-state index contributed by atoms with van der Waals surface area (Å²) in [6.45, 7) is 8.66. The summed E-state index contributed by atoms with van der Waals surface area (Å²) >= 11 is 5.52. The molecule has 128 valence electrons. The number of thiocarbonyl (C=S) groups is 1. The standard InChI is InChI=1S/C20H26N2OS/c1-13(2)19(18-10-9-14(3)11-15(18)4)22-20(24)21-16-7-6-8-17(12-16)23-5/h6-13,19H,1-5H3,(H2,21,22,24)/t19-/m0/s1. The normalized spacial score (nSPS) is 11.9. The van der Waals surface area contributed by atoms with Crippen LogP contribution in [0.1, 0.15) is 36.6 Å². The summed E-state index contributed by atoms with van der Waals surface area (Å²) in [6, 6.07) is 14.5. The number of nitrogens with one attached hydrogen (secondary N) is 2. The highest BCUT2D eigenvalue weighted by Crippen LogP contribution is 2.26. The van der Waals surface area contributed by atoms with Crippen molar-refractivity contribution in [3.05, 3.63) is 59.2 Å². The van der Waals surface area contributed by atoms with Gasteiger partial charge in [-0.25, -0.2) is 0 Å². The summed E-state index contributed by atoms with van der Waals surface area (Å²) in [5, 5.41) is 7.31. The van der Waals surface area contributed by atoms with Crippen molar-refractivity contribution in [1.82, 2.24) is 5.32 Å². The lowest BCUT2D eigenvalue weighted by molar-refractivity contribution is 0.415. The molecule has 0 heterocycles. The minimum Gasteiger partial charge on any atom is -0.497 e. The van der Waals surface area contributed by atoms with Crippen molar-refractivity contribution in [3.8, 4) is 5.75 Å². The third-order valence-corrected chi connectivity index (χ3v) is 4.26. The van der Waals surface area contributed by atoms with Gasteiger partial charge in [0.1, 0.15) is 5.75 Å². The van der Waals surface area contributed by atoms with Gasteiger partial charge in [-0.2, -0.15) is 0 Å². The molecule has 0 saturated carbocycles. The van der Waals surface area contributed by atoms with E-state index in [1.165, 1.54) is 16.7 Å². The maximum absolute atomic E-state index is 5.52. The number of hydrogen-bond donors (Lipinski definition) is 2. The molecule has 3 nitrogen and oxygen atoms in total. The Kier molecular flexibility index (Phi) is 6.21. The van der Waals surface area contributed by atoms with Crippen LogP contribution in [0.3, 0.4) is 0 Å². The highest BCUT2D eigenvalue weighted by molar-refractivity contribution is 7.80. The zero-order valence-electron chi connectivity index (χ0n) is 15.0. The Morgan fingerprint density at radius 2 is 1.83 bits per heavy atom. The van der Waals surface area contributed by atoms with Crippen molar-refractivity contribution in [2.24, 2.45) is 5.92 Å². The lowest BCUT2D eigenvalue weighted by atomic mass is 9.92. The molecular weight excluding hydrogens is 316 g/mol. The summed E-state index contributed by atoms with van der Waals surface area (Å²) in [4.78, 5) is 0. The van der Waals surface area contributed by atoms with Gasteiger partial charge in [0.05, 0.1) is 13.2 Å². The Morgan fingerprint density at radius 1 is 1.08 bits per heavy atom. The van der Waals surface area contributed by atoms with Crippen molar-refractivity contribution in [3.63, 3.8) is 0 Å². The number of hydrogen-bond acceptors (Lipinski definition) is 2. The van der Waals surface area contributed by atoms with Gasteiger partial charge in [0.2, 0.25) is 0 Å². The largest absolute Gasteiger partial charge is 0.497 e. The fourth-order valence-corrected chi connectivity index (χ4v) is 3.03. The molecule has 0 amide bonds. The Morgan fingerprint density at radius 3 is 2.46 bits per heavy atom. The minimum atomic E-state index is 0.163. The van der Waals surface area contributed by atoms with Crippen molar-refractivity contribution >= 4 is 23.0 Å². The van der Waals surface area contributed by atoms with Crippen LogP contribution in [0.2, 0.25) is 0 Å². The number of aryl methyl sites for hydroxylation is 2. The van der Waals surface area contributed by atoms with Crippen LogP contribution in [-0.4, -0.2) is 12.2 Å². The Labute approximate surface area is 150 Å². The zero-order chi connectivity index (χ0) is 17.7. The van der Waals surface area contributed by atoms with Gasteiger partial charge in [-0.1, -0.05) is 43.7 Å². The molecule has 0 radical (unpaired) electrons. The van der Waals surface area contributed by atoms with E-state index in [1.54, 1.807) is 7.11 Å². The molecule has 1 atom stereocenters. The predicted molar refractivity (Wildman–Crippen MR) is 106 cm³/mol. The maximum atomic E-state index is 5.52. The highest BCUT2D eigenvalue weighted by Gasteiger charge is 2.18. The van der Waals surface area contributed by atoms with Crippen LogP contribution >= 0.6 is 12.2 Å². The molecule has 0 saturated heterocycles. The van der Waals surface area contributed by atoms with Crippen molar-refractivity contribution in [2.45, 2.75) is 33.7 Å². The van der Waals surface area contributed by atoms with Crippen LogP contribution in [0.5, 0.6) is 5.75 Å². The fraction of sp³-hybridized carbons (Fsp3) is 0.350. The van der Waals surface area contributed by atoms with Crippen LogP contribution in [0.25, 0.3) is 0 Å². The molecule has 0 unspecified atom stereocenters. The summed E-state index contributed by atoms with van der Waals surface area (Å²) < 4.78 is 5.25. The second kappa shape index (κ2) is 8.15. The monoisotopic (exact) mass is 342 g/mol. The molecule has 0 aliphatic heterocycles. The van der Waals surface area contributed by atoms with E-state index in [9.17, 15) is 0 Å².